The lowest BCUT2D eigenvalue weighted by atomic mass is 10.1. The number of hydrogen-bond acceptors (Lipinski definition) is 2. The van der Waals surface area contributed by atoms with Crippen LogP contribution in [-0.2, 0) is 17.3 Å². The molecule has 0 N–H and O–H groups in total. The van der Waals surface area contributed by atoms with Gasteiger partial charge >= 0.3 is 0 Å². The molecule has 0 radical (unpaired) electrons. The lowest BCUT2D eigenvalue weighted by molar-refractivity contribution is 0.220. The molecule has 0 aromatic heterocycles. The monoisotopic (exact) mass is 305 g/mol. The number of benzene rings is 1. The summed E-state index contributed by atoms with van der Waals surface area (Å²) in [5.41, 5.74) is 1.17. The van der Waals surface area contributed by atoms with Gasteiger partial charge in [0.25, 0.3) is 0 Å². The van der Waals surface area contributed by atoms with E-state index in [9.17, 15) is 4.21 Å². The first-order valence-electron chi connectivity index (χ1n) is 6.05. The maximum Gasteiger partial charge on any atom is 0.0595 e. The Kier molecular flexibility index (Phi) is 5.07. The fourth-order valence-corrected chi connectivity index (χ4v) is 3.87. The first-order chi connectivity index (χ1) is 8.56. The molecule has 1 fully saturated rings. The van der Waals surface area contributed by atoms with Gasteiger partial charge in [0.1, 0.15) is 0 Å². The van der Waals surface area contributed by atoms with Crippen molar-refractivity contribution in [3.8, 4) is 0 Å². The molecule has 0 spiro atoms. The van der Waals surface area contributed by atoms with Crippen LogP contribution in [0.3, 0.4) is 0 Å². The molecule has 1 aliphatic rings. The van der Waals surface area contributed by atoms with Gasteiger partial charge in [-0.2, -0.15) is 0 Å². The molecule has 1 aliphatic heterocycles. The summed E-state index contributed by atoms with van der Waals surface area (Å²) in [7, 11) is 1.52. The zero-order valence-corrected chi connectivity index (χ0v) is 12.7. The van der Waals surface area contributed by atoms with E-state index in [4.69, 9.17) is 23.2 Å². The average molecular weight is 306 g/mol. The third-order valence-electron chi connectivity index (χ3n) is 3.40. The Balaban J connectivity index is 1.96. The summed E-state index contributed by atoms with van der Waals surface area (Å²) in [5.74, 6) is 1.66. The third-order valence-corrected chi connectivity index (χ3v) is 5.52. The largest absolute Gasteiger partial charge is 0.299 e. The van der Waals surface area contributed by atoms with Gasteiger partial charge < -0.3 is 0 Å². The minimum atomic E-state index is -0.596. The molecular formula is C13H17Cl2NOS. The molecular weight excluding hydrogens is 289 g/mol. The van der Waals surface area contributed by atoms with Gasteiger partial charge in [0.2, 0.25) is 0 Å². The van der Waals surface area contributed by atoms with E-state index in [1.165, 1.54) is 5.56 Å². The van der Waals surface area contributed by atoms with Crippen LogP contribution in [0.2, 0.25) is 10.0 Å². The van der Waals surface area contributed by atoms with Crippen molar-refractivity contribution >= 4 is 34.0 Å². The molecule has 0 unspecified atom stereocenters. The number of nitrogens with zero attached hydrogens (tertiary/aromatic N) is 1. The van der Waals surface area contributed by atoms with E-state index in [1.807, 2.05) is 18.2 Å². The summed E-state index contributed by atoms with van der Waals surface area (Å²) in [6.07, 6.45) is 2.04. The molecule has 18 heavy (non-hydrogen) atoms. The highest BCUT2D eigenvalue weighted by Gasteiger charge is 2.21. The first-order valence-corrected chi connectivity index (χ1v) is 8.30. The summed E-state index contributed by atoms with van der Waals surface area (Å²) < 4.78 is 11.3. The standard InChI is InChI=1S/C13H17Cl2NOS/c1-16(11-4-6-18(17)7-5-11)9-10-2-3-12(14)13(15)8-10/h2-3,8,11H,4-7,9H2,1H3. The molecule has 2 nitrogen and oxygen atoms in total. The van der Waals surface area contributed by atoms with Gasteiger partial charge in [0.15, 0.2) is 0 Å². The van der Waals surface area contributed by atoms with E-state index in [-0.39, 0.29) is 0 Å². The normalized spacial score (nSPS) is 24.4. The fourth-order valence-electron chi connectivity index (χ4n) is 2.28. The van der Waals surface area contributed by atoms with Gasteiger partial charge in [-0.25, -0.2) is 0 Å². The van der Waals surface area contributed by atoms with Crippen molar-refractivity contribution in [1.82, 2.24) is 4.90 Å². The smallest absolute Gasteiger partial charge is 0.0595 e. The number of hydrogen-bond donors (Lipinski definition) is 0. The third kappa shape index (κ3) is 3.70. The Hall–Kier alpha value is -0.0900. The summed E-state index contributed by atoms with van der Waals surface area (Å²) in [6, 6.07) is 6.29. The van der Waals surface area contributed by atoms with Crippen molar-refractivity contribution in [3.05, 3.63) is 33.8 Å². The minimum absolute atomic E-state index is 0.525. The van der Waals surface area contributed by atoms with Crippen LogP contribution in [0.15, 0.2) is 18.2 Å². The van der Waals surface area contributed by atoms with Gasteiger partial charge in [-0.3, -0.25) is 9.11 Å². The van der Waals surface area contributed by atoms with Gasteiger partial charge in [-0.1, -0.05) is 29.3 Å². The molecule has 0 saturated carbocycles. The van der Waals surface area contributed by atoms with Crippen LogP contribution in [0, 0.1) is 0 Å². The number of rotatable bonds is 3. The van der Waals surface area contributed by atoms with E-state index >= 15 is 0 Å². The molecule has 0 amide bonds. The Bertz CT molecular complexity index is 443. The predicted octanol–water partition coefficient (Wildman–Crippen LogP) is 3.34. The minimum Gasteiger partial charge on any atom is -0.299 e. The van der Waals surface area contributed by atoms with Crippen LogP contribution in [0.5, 0.6) is 0 Å². The van der Waals surface area contributed by atoms with Crippen molar-refractivity contribution in [3.63, 3.8) is 0 Å². The molecule has 0 aliphatic carbocycles. The van der Waals surface area contributed by atoms with E-state index in [1.54, 1.807) is 0 Å². The zero-order valence-electron chi connectivity index (χ0n) is 10.4. The van der Waals surface area contributed by atoms with Crippen molar-refractivity contribution in [2.24, 2.45) is 0 Å². The molecule has 1 aromatic carbocycles. The predicted molar refractivity (Wildman–Crippen MR) is 78.8 cm³/mol. The second-order valence-electron chi connectivity index (χ2n) is 4.74. The molecule has 1 heterocycles. The highest BCUT2D eigenvalue weighted by atomic mass is 35.5. The van der Waals surface area contributed by atoms with Gasteiger partial charge in [0, 0.05) is 34.9 Å². The van der Waals surface area contributed by atoms with Crippen molar-refractivity contribution < 1.29 is 4.21 Å². The molecule has 5 heteroatoms. The van der Waals surface area contributed by atoms with E-state index in [0.29, 0.717) is 16.1 Å². The summed E-state index contributed by atoms with van der Waals surface area (Å²) in [4.78, 5) is 2.32. The Morgan fingerprint density at radius 1 is 1.28 bits per heavy atom. The van der Waals surface area contributed by atoms with Gasteiger partial charge in [0.05, 0.1) is 10.0 Å². The summed E-state index contributed by atoms with van der Waals surface area (Å²) in [5, 5.41) is 1.20. The Labute approximate surface area is 121 Å². The van der Waals surface area contributed by atoms with Crippen LogP contribution in [0.1, 0.15) is 18.4 Å². The summed E-state index contributed by atoms with van der Waals surface area (Å²) >= 11 is 11.9. The van der Waals surface area contributed by atoms with Crippen LogP contribution < -0.4 is 0 Å². The second-order valence-corrected chi connectivity index (χ2v) is 7.25. The fraction of sp³-hybridized carbons (Fsp3) is 0.538. The SMILES string of the molecule is CN(Cc1ccc(Cl)c(Cl)c1)C1CCS(=O)CC1. The molecule has 1 saturated heterocycles. The van der Waals surface area contributed by atoms with E-state index in [2.05, 4.69) is 11.9 Å². The van der Waals surface area contributed by atoms with Crippen LogP contribution in [-0.4, -0.2) is 33.7 Å². The lowest BCUT2D eigenvalue weighted by Crippen LogP contribution is -2.36. The maximum atomic E-state index is 11.3. The second kappa shape index (κ2) is 6.38. The van der Waals surface area contributed by atoms with Gasteiger partial charge in [-0.05, 0) is 37.6 Å². The average Bonchev–Trinajstić information content (AvgIpc) is 2.34. The zero-order chi connectivity index (χ0) is 13.1. The van der Waals surface area contributed by atoms with Crippen LogP contribution in [0.25, 0.3) is 0 Å². The van der Waals surface area contributed by atoms with Gasteiger partial charge in [-0.15, -0.1) is 0 Å². The molecule has 0 atom stereocenters. The van der Waals surface area contributed by atoms with Crippen molar-refractivity contribution in [2.45, 2.75) is 25.4 Å². The Morgan fingerprint density at radius 3 is 2.56 bits per heavy atom. The maximum absolute atomic E-state index is 11.3. The van der Waals surface area contributed by atoms with E-state index < -0.39 is 10.8 Å². The molecule has 1 aromatic rings. The summed E-state index contributed by atoms with van der Waals surface area (Å²) in [6.45, 7) is 0.855. The first kappa shape index (κ1) is 14.3. The quantitative estimate of drug-likeness (QED) is 0.853. The lowest BCUT2D eigenvalue weighted by Gasteiger charge is -2.30. The van der Waals surface area contributed by atoms with E-state index in [0.717, 1.165) is 30.9 Å². The van der Waals surface area contributed by atoms with Crippen molar-refractivity contribution in [2.75, 3.05) is 18.6 Å². The highest BCUT2D eigenvalue weighted by molar-refractivity contribution is 7.85. The Morgan fingerprint density at radius 2 is 1.94 bits per heavy atom. The molecule has 0 bridgehead atoms. The molecule has 100 valence electrons. The van der Waals surface area contributed by atoms with Crippen molar-refractivity contribution in [1.29, 1.82) is 0 Å². The topological polar surface area (TPSA) is 20.3 Å². The van der Waals surface area contributed by atoms with Crippen LogP contribution in [0.4, 0.5) is 0 Å². The number of halogens is 2. The highest BCUT2D eigenvalue weighted by Crippen LogP contribution is 2.24. The molecule has 2 rings (SSSR count). The van der Waals surface area contributed by atoms with Crippen LogP contribution >= 0.6 is 23.2 Å².